The predicted molar refractivity (Wildman–Crippen MR) is 77.9 cm³/mol. The van der Waals surface area contributed by atoms with E-state index < -0.39 is 0 Å². The summed E-state index contributed by atoms with van der Waals surface area (Å²) < 4.78 is 5.08. The minimum Gasteiger partial charge on any atom is -0.481 e. The molecule has 0 amide bonds. The van der Waals surface area contributed by atoms with Crippen molar-refractivity contribution in [1.82, 2.24) is 15.3 Å². The summed E-state index contributed by atoms with van der Waals surface area (Å²) in [6, 6.07) is 3.97. The molecule has 2 aromatic rings. The van der Waals surface area contributed by atoms with E-state index in [1.807, 2.05) is 25.4 Å². The molecular formula is C14H19N3OS. The zero-order valence-corrected chi connectivity index (χ0v) is 12.5. The van der Waals surface area contributed by atoms with E-state index in [0.29, 0.717) is 11.8 Å². The fourth-order valence-corrected chi connectivity index (χ4v) is 2.93. The van der Waals surface area contributed by atoms with Gasteiger partial charge in [0.25, 0.3) is 0 Å². The molecule has 1 N–H and O–H groups in total. The molecule has 5 heteroatoms. The molecule has 0 aromatic carbocycles. The van der Waals surface area contributed by atoms with Gasteiger partial charge in [-0.05, 0) is 18.5 Å². The highest BCUT2D eigenvalue weighted by molar-refractivity contribution is 7.09. The van der Waals surface area contributed by atoms with Gasteiger partial charge in [0.05, 0.1) is 18.8 Å². The van der Waals surface area contributed by atoms with Crippen LogP contribution in [0.25, 0.3) is 0 Å². The zero-order chi connectivity index (χ0) is 13.8. The van der Waals surface area contributed by atoms with Crippen molar-refractivity contribution in [1.29, 1.82) is 0 Å². The molecule has 0 radical (unpaired) electrons. The maximum Gasteiger partial charge on any atom is 0.212 e. The molecule has 4 nitrogen and oxygen atoms in total. The number of rotatable bonds is 5. The van der Waals surface area contributed by atoms with Crippen molar-refractivity contribution < 1.29 is 4.74 Å². The zero-order valence-electron chi connectivity index (χ0n) is 11.7. The third-order valence-electron chi connectivity index (χ3n) is 2.97. The SMILES string of the molecule is CNC(c1ccc(OC)nc1)c1nc(C(C)C)cs1. The van der Waals surface area contributed by atoms with Crippen LogP contribution >= 0.6 is 11.3 Å². The van der Waals surface area contributed by atoms with Crippen molar-refractivity contribution in [3.8, 4) is 5.88 Å². The summed E-state index contributed by atoms with van der Waals surface area (Å²) in [5, 5.41) is 6.49. The number of aromatic nitrogens is 2. The highest BCUT2D eigenvalue weighted by Crippen LogP contribution is 2.27. The Morgan fingerprint density at radius 3 is 2.58 bits per heavy atom. The molecule has 0 fully saturated rings. The molecule has 2 aromatic heterocycles. The second-order valence-electron chi connectivity index (χ2n) is 4.62. The van der Waals surface area contributed by atoms with E-state index >= 15 is 0 Å². The topological polar surface area (TPSA) is 47.0 Å². The van der Waals surface area contributed by atoms with Gasteiger partial charge in [-0.2, -0.15) is 0 Å². The molecule has 19 heavy (non-hydrogen) atoms. The Hall–Kier alpha value is -1.46. The second kappa shape index (κ2) is 6.12. The predicted octanol–water partition coefficient (Wildman–Crippen LogP) is 2.98. The Balaban J connectivity index is 2.26. The number of nitrogens with zero attached hydrogens (tertiary/aromatic N) is 2. The average molecular weight is 277 g/mol. The van der Waals surface area contributed by atoms with Crippen LogP contribution in [0.5, 0.6) is 5.88 Å². The Kier molecular flexibility index (Phi) is 4.50. The van der Waals surface area contributed by atoms with Crippen LogP contribution in [0.15, 0.2) is 23.7 Å². The Morgan fingerprint density at radius 2 is 2.11 bits per heavy atom. The van der Waals surface area contributed by atoms with E-state index in [2.05, 4.69) is 29.5 Å². The molecule has 1 atom stereocenters. The average Bonchev–Trinajstić information content (AvgIpc) is 2.90. The number of nitrogens with one attached hydrogen (secondary N) is 1. The number of pyridine rings is 1. The first kappa shape index (κ1) is 14.0. The summed E-state index contributed by atoms with van der Waals surface area (Å²) in [6.45, 7) is 4.31. The van der Waals surface area contributed by atoms with Crippen LogP contribution in [-0.2, 0) is 0 Å². The second-order valence-corrected chi connectivity index (χ2v) is 5.51. The lowest BCUT2D eigenvalue weighted by Crippen LogP contribution is -2.17. The molecule has 0 aliphatic heterocycles. The largest absolute Gasteiger partial charge is 0.481 e. The van der Waals surface area contributed by atoms with E-state index in [4.69, 9.17) is 9.72 Å². The van der Waals surface area contributed by atoms with Gasteiger partial charge in [0.1, 0.15) is 5.01 Å². The summed E-state index contributed by atoms with van der Waals surface area (Å²) in [6.07, 6.45) is 1.83. The third-order valence-corrected chi connectivity index (χ3v) is 3.90. The van der Waals surface area contributed by atoms with Crippen LogP contribution in [-0.4, -0.2) is 24.1 Å². The molecule has 0 spiro atoms. The molecule has 2 rings (SSSR count). The van der Waals surface area contributed by atoms with Crippen molar-refractivity contribution in [3.63, 3.8) is 0 Å². The summed E-state index contributed by atoms with van der Waals surface area (Å²) in [7, 11) is 3.55. The molecular weight excluding hydrogens is 258 g/mol. The van der Waals surface area contributed by atoms with Crippen LogP contribution in [0, 0.1) is 0 Å². The molecule has 1 unspecified atom stereocenters. The first-order valence-corrected chi connectivity index (χ1v) is 7.16. The van der Waals surface area contributed by atoms with Gasteiger partial charge in [-0.25, -0.2) is 9.97 Å². The quantitative estimate of drug-likeness (QED) is 0.912. The first-order chi connectivity index (χ1) is 9.15. The van der Waals surface area contributed by atoms with Gasteiger partial charge >= 0.3 is 0 Å². The highest BCUT2D eigenvalue weighted by Gasteiger charge is 2.17. The molecule has 0 saturated carbocycles. The monoisotopic (exact) mass is 277 g/mol. The number of hydrogen-bond donors (Lipinski definition) is 1. The lowest BCUT2D eigenvalue weighted by atomic mass is 10.1. The summed E-state index contributed by atoms with van der Waals surface area (Å²) in [5.41, 5.74) is 2.23. The summed E-state index contributed by atoms with van der Waals surface area (Å²) in [4.78, 5) is 8.94. The van der Waals surface area contributed by atoms with Crippen molar-refractivity contribution in [2.45, 2.75) is 25.8 Å². The standard InChI is InChI=1S/C14H19N3OS/c1-9(2)11-8-19-14(17-11)13(15-3)10-5-6-12(18-4)16-7-10/h5-9,13,15H,1-4H3. The van der Waals surface area contributed by atoms with E-state index in [1.54, 1.807) is 18.4 Å². The van der Waals surface area contributed by atoms with Crippen LogP contribution in [0.2, 0.25) is 0 Å². The highest BCUT2D eigenvalue weighted by atomic mass is 32.1. The van der Waals surface area contributed by atoms with Gasteiger partial charge in [-0.3, -0.25) is 0 Å². The van der Waals surface area contributed by atoms with Gasteiger partial charge in [0, 0.05) is 17.6 Å². The maximum atomic E-state index is 5.08. The van der Waals surface area contributed by atoms with Crippen molar-refractivity contribution in [2.75, 3.05) is 14.2 Å². The van der Waals surface area contributed by atoms with Crippen LogP contribution in [0.3, 0.4) is 0 Å². The number of methoxy groups -OCH3 is 1. The first-order valence-electron chi connectivity index (χ1n) is 6.28. The maximum absolute atomic E-state index is 5.08. The van der Waals surface area contributed by atoms with Crippen molar-refractivity contribution in [2.24, 2.45) is 0 Å². The van der Waals surface area contributed by atoms with E-state index in [1.165, 1.54) is 0 Å². The molecule has 0 aliphatic carbocycles. The van der Waals surface area contributed by atoms with Gasteiger partial charge in [-0.1, -0.05) is 19.9 Å². The number of hydrogen-bond acceptors (Lipinski definition) is 5. The van der Waals surface area contributed by atoms with E-state index in [9.17, 15) is 0 Å². The molecule has 2 heterocycles. The van der Waals surface area contributed by atoms with Crippen LogP contribution in [0.4, 0.5) is 0 Å². The normalized spacial score (nSPS) is 12.7. The minimum atomic E-state index is 0.0795. The van der Waals surface area contributed by atoms with Crippen LogP contribution in [0.1, 0.15) is 42.1 Å². The fraction of sp³-hybridized carbons (Fsp3) is 0.429. The van der Waals surface area contributed by atoms with Gasteiger partial charge in [0.2, 0.25) is 5.88 Å². The summed E-state index contributed by atoms with van der Waals surface area (Å²) >= 11 is 1.68. The van der Waals surface area contributed by atoms with E-state index in [0.717, 1.165) is 16.3 Å². The van der Waals surface area contributed by atoms with Gasteiger partial charge in [-0.15, -0.1) is 11.3 Å². The number of ether oxygens (including phenoxy) is 1. The van der Waals surface area contributed by atoms with Crippen molar-refractivity contribution in [3.05, 3.63) is 40.0 Å². The van der Waals surface area contributed by atoms with Gasteiger partial charge in [0.15, 0.2) is 0 Å². The minimum absolute atomic E-state index is 0.0795. The number of thiazole rings is 1. The molecule has 102 valence electrons. The van der Waals surface area contributed by atoms with Crippen LogP contribution < -0.4 is 10.1 Å². The lowest BCUT2D eigenvalue weighted by Gasteiger charge is -2.13. The fourth-order valence-electron chi connectivity index (χ4n) is 1.81. The molecule has 0 aliphatic rings. The smallest absolute Gasteiger partial charge is 0.212 e. The summed E-state index contributed by atoms with van der Waals surface area (Å²) in [5.74, 6) is 1.08. The molecule has 0 saturated heterocycles. The van der Waals surface area contributed by atoms with Crippen molar-refractivity contribution >= 4 is 11.3 Å². The molecule has 0 bridgehead atoms. The Labute approximate surface area is 117 Å². The Bertz CT molecular complexity index is 522. The Morgan fingerprint density at radius 1 is 1.32 bits per heavy atom. The third kappa shape index (κ3) is 3.11. The lowest BCUT2D eigenvalue weighted by molar-refractivity contribution is 0.397. The van der Waals surface area contributed by atoms with E-state index in [-0.39, 0.29) is 6.04 Å². The van der Waals surface area contributed by atoms with Gasteiger partial charge < -0.3 is 10.1 Å².